The molecule has 1 rings (SSSR count). The van der Waals surface area contributed by atoms with Crippen molar-refractivity contribution in [1.29, 1.82) is 0 Å². The fraction of sp³-hybridized carbons (Fsp3) is 0.250. The van der Waals surface area contributed by atoms with Gasteiger partial charge in [0.15, 0.2) is 5.69 Å². The number of ether oxygens (including phenoxy) is 1. The first kappa shape index (κ1) is 11.3. The number of rotatable bonds is 2. The van der Waals surface area contributed by atoms with Gasteiger partial charge in [-0.25, -0.2) is 18.6 Å². The molecule has 0 saturated carbocycles. The van der Waals surface area contributed by atoms with Gasteiger partial charge in [0.25, 0.3) is 6.43 Å². The minimum atomic E-state index is -2.73. The predicted octanol–water partition coefficient (Wildman–Crippen LogP) is 2.41. The number of carbonyl (C=O) groups is 1. The average molecular weight is 313 g/mol. The van der Waals surface area contributed by atoms with Crippen molar-refractivity contribution in [2.75, 3.05) is 7.11 Å². The number of pyridine rings is 1. The zero-order valence-corrected chi connectivity index (χ0v) is 9.29. The van der Waals surface area contributed by atoms with Crippen molar-refractivity contribution in [3.05, 3.63) is 27.1 Å². The highest BCUT2D eigenvalue weighted by Gasteiger charge is 2.22. The van der Waals surface area contributed by atoms with Gasteiger partial charge in [0.2, 0.25) is 0 Å². The van der Waals surface area contributed by atoms with E-state index in [1.807, 2.05) is 0 Å². The molecule has 0 saturated heterocycles. The van der Waals surface area contributed by atoms with Crippen molar-refractivity contribution in [1.82, 2.24) is 4.98 Å². The van der Waals surface area contributed by atoms with Crippen molar-refractivity contribution in [3.8, 4) is 0 Å². The number of nitrogens with zero attached hydrogens (tertiary/aromatic N) is 1. The molecule has 3 nitrogen and oxygen atoms in total. The average Bonchev–Trinajstić information content (AvgIpc) is 2.15. The van der Waals surface area contributed by atoms with Crippen LogP contribution < -0.4 is 0 Å². The topological polar surface area (TPSA) is 39.2 Å². The van der Waals surface area contributed by atoms with Crippen LogP contribution in [0.25, 0.3) is 0 Å². The first-order valence-corrected chi connectivity index (χ1v) is 4.66. The lowest BCUT2D eigenvalue weighted by Gasteiger charge is -2.07. The molecule has 0 spiro atoms. The molecular formula is C8H6F2INO2. The molecule has 0 aliphatic carbocycles. The Balaban J connectivity index is 3.28. The molecule has 0 aliphatic rings. The molecular weight excluding hydrogens is 307 g/mol. The van der Waals surface area contributed by atoms with Gasteiger partial charge < -0.3 is 4.74 Å². The van der Waals surface area contributed by atoms with Crippen LogP contribution >= 0.6 is 22.6 Å². The van der Waals surface area contributed by atoms with Gasteiger partial charge in [-0.05, 0) is 28.7 Å². The van der Waals surface area contributed by atoms with E-state index in [9.17, 15) is 13.6 Å². The molecule has 0 radical (unpaired) electrons. The molecule has 14 heavy (non-hydrogen) atoms. The Morgan fingerprint density at radius 3 is 2.79 bits per heavy atom. The summed E-state index contributed by atoms with van der Waals surface area (Å²) in [5.41, 5.74) is -0.700. The molecule has 0 aromatic carbocycles. The van der Waals surface area contributed by atoms with E-state index < -0.39 is 12.4 Å². The molecule has 0 bridgehead atoms. The van der Waals surface area contributed by atoms with Gasteiger partial charge in [-0.15, -0.1) is 0 Å². The number of hydrogen-bond donors (Lipinski definition) is 0. The smallest absolute Gasteiger partial charge is 0.357 e. The van der Waals surface area contributed by atoms with Crippen molar-refractivity contribution in [2.24, 2.45) is 0 Å². The third-order valence-corrected chi connectivity index (χ3v) is 2.47. The minimum Gasteiger partial charge on any atom is -0.464 e. The molecule has 1 aromatic rings. The molecule has 0 aliphatic heterocycles. The summed E-state index contributed by atoms with van der Waals surface area (Å²) in [5.74, 6) is -0.848. The molecule has 6 heteroatoms. The standard InChI is InChI=1S/C8H6F2INO2/c1-14-8(13)6-5(7(9)10)4(11)2-3-12-6/h2-3,7H,1H3. The Kier molecular flexibility index (Phi) is 3.73. The lowest BCUT2D eigenvalue weighted by Crippen LogP contribution is -2.10. The number of methoxy groups -OCH3 is 1. The summed E-state index contributed by atoms with van der Waals surface area (Å²) < 4.78 is 29.7. The summed E-state index contributed by atoms with van der Waals surface area (Å²) in [6.45, 7) is 0. The summed E-state index contributed by atoms with van der Waals surface area (Å²) in [5, 5.41) is 0. The molecule has 1 heterocycles. The number of carbonyl (C=O) groups excluding carboxylic acids is 1. The molecule has 1 aromatic heterocycles. The van der Waals surface area contributed by atoms with E-state index in [1.165, 1.54) is 12.3 Å². The lowest BCUT2D eigenvalue weighted by atomic mass is 10.2. The summed E-state index contributed by atoms with van der Waals surface area (Å²) >= 11 is 1.72. The monoisotopic (exact) mass is 313 g/mol. The maximum absolute atomic E-state index is 12.5. The first-order valence-electron chi connectivity index (χ1n) is 3.58. The highest BCUT2D eigenvalue weighted by molar-refractivity contribution is 14.1. The predicted molar refractivity (Wildman–Crippen MR) is 53.3 cm³/mol. The maximum atomic E-state index is 12.5. The van der Waals surface area contributed by atoms with E-state index in [0.29, 0.717) is 3.57 Å². The second-order valence-electron chi connectivity index (χ2n) is 2.35. The zero-order valence-electron chi connectivity index (χ0n) is 7.13. The molecule has 0 amide bonds. The Bertz CT molecular complexity index is 357. The molecule has 76 valence electrons. The lowest BCUT2D eigenvalue weighted by molar-refractivity contribution is 0.0581. The molecule has 0 fully saturated rings. The van der Waals surface area contributed by atoms with Crippen LogP contribution in [-0.2, 0) is 4.74 Å². The third kappa shape index (κ3) is 2.17. The fourth-order valence-electron chi connectivity index (χ4n) is 0.917. The summed E-state index contributed by atoms with van der Waals surface area (Å²) in [6.07, 6.45) is -1.44. The molecule has 0 unspecified atom stereocenters. The van der Waals surface area contributed by atoms with E-state index in [2.05, 4.69) is 9.72 Å². The first-order chi connectivity index (χ1) is 6.57. The summed E-state index contributed by atoms with van der Waals surface area (Å²) in [7, 11) is 1.12. The fourth-order valence-corrected chi connectivity index (χ4v) is 1.57. The largest absolute Gasteiger partial charge is 0.464 e. The van der Waals surface area contributed by atoms with Gasteiger partial charge in [0.1, 0.15) is 0 Å². The van der Waals surface area contributed by atoms with Crippen LogP contribution in [-0.4, -0.2) is 18.1 Å². The highest BCUT2D eigenvalue weighted by Crippen LogP contribution is 2.26. The van der Waals surface area contributed by atoms with Crippen molar-refractivity contribution < 1.29 is 18.3 Å². The quantitative estimate of drug-likeness (QED) is 0.622. The number of alkyl halides is 2. The summed E-state index contributed by atoms with van der Waals surface area (Å²) in [6, 6.07) is 1.41. The van der Waals surface area contributed by atoms with E-state index in [1.54, 1.807) is 22.6 Å². The number of halogens is 3. The Hall–Kier alpha value is -0.790. The van der Waals surface area contributed by atoms with Crippen LogP contribution in [0, 0.1) is 3.57 Å². The van der Waals surface area contributed by atoms with Crippen molar-refractivity contribution in [2.45, 2.75) is 6.43 Å². The Morgan fingerprint density at radius 2 is 2.29 bits per heavy atom. The van der Waals surface area contributed by atoms with Gasteiger partial charge in [-0.1, -0.05) is 0 Å². The second kappa shape index (κ2) is 4.63. The van der Waals surface area contributed by atoms with Gasteiger partial charge in [-0.2, -0.15) is 0 Å². The van der Waals surface area contributed by atoms with Crippen molar-refractivity contribution >= 4 is 28.6 Å². The van der Waals surface area contributed by atoms with Gasteiger partial charge >= 0.3 is 5.97 Å². The zero-order chi connectivity index (χ0) is 10.7. The third-order valence-electron chi connectivity index (χ3n) is 1.53. The molecule has 0 atom stereocenters. The number of hydrogen-bond acceptors (Lipinski definition) is 3. The van der Waals surface area contributed by atoms with Gasteiger partial charge in [-0.3, -0.25) is 0 Å². The van der Waals surface area contributed by atoms with E-state index in [4.69, 9.17) is 0 Å². The maximum Gasteiger partial charge on any atom is 0.357 e. The number of esters is 1. The van der Waals surface area contributed by atoms with Crippen LogP contribution in [0.2, 0.25) is 0 Å². The van der Waals surface area contributed by atoms with Crippen LogP contribution in [0.5, 0.6) is 0 Å². The van der Waals surface area contributed by atoms with E-state index in [0.717, 1.165) is 7.11 Å². The van der Waals surface area contributed by atoms with Crippen LogP contribution in [0.15, 0.2) is 12.3 Å². The number of aromatic nitrogens is 1. The molecule has 0 N–H and O–H groups in total. The highest BCUT2D eigenvalue weighted by atomic mass is 127. The van der Waals surface area contributed by atoms with Crippen LogP contribution in [0.1, 0.15) is 22.5 Å². The van der Waals surface area contributed by atoms with Crippen LogP contribution in [0.3, 0.4) is 0 Å². The SMILES string of the molecule is COC(=O)c1nccc(I)c1C(F)F. The van der Waals surface area contributed by atoms with Crippen molar-refractivity contribution in [3.63, 3.8) is 0 Å². The van der Waals surface area contributed by atoms with Crippen LogP contribution in [0.4, 0.5) is 8.78 Å². The van der Waals surface area contributed by atoms with E-state index >= 15 is 0 Å². The van der Waals surface area contributed by atoms with E-state index in [-0.39, 0.29) is 11.3 Å². The minimum absolute atomic E-state index is 0.299. The Labute approximate surface area is 92.6 Å². The Morgan fingerprint density at radius 1 is 1.64 bits per heavy atom. The summed E-state index contributed by atoms with van der Waals surface area (Å²) in [4.78, 5) is 14.6. The second-order valence-corrected chi connectivity index (χ2v) is 3.51. The normalized spacial score (nSPS) is 10.4. The van der Waals surface area contributed by atoms with Gasteiger partial charge in [0.05, 0.1) is 12.7 Å². The van der Waals surface area contributed by atoms with Gasteiger partial charge in [0, 0.05) is 9.77 Å².